The van der Waals surface area contributed by atoms with Gasteiger partial charge in [-0.3, -0.25) is 0 Å². The number of furan rings is 1. The molecule has 11 aromatic rings. The van der Waals surface area contributed by atoms with Crippen molar-refractivity contribution in [1.29, 1.82) is 0 Å². The monoisotopic (exact) mass is 675 g/mol. The molecule has 0 fully saturated rings. The van der Waals surface area contributed by atoms with E-state index in [4.69, 9.17) is 19.4 Å². The molecule has 0 aliphatic heterocycles. The molecule has 2 heterocycles. The van der Waals surface area contributed by atoms with Crippen LogP contribution in [0.15, 0.2) is 180 Å². The maximum absolute atomic E-state index is 6.88. The van der Waals surface area contributed by atoms with Gasteiger partial charge in [0.05, 0.1) is 0 Å². The standard InChI is InChI=1S/C49H29N3O/c1-2-12-33(13-3-1)47-50-48(34-22-18-31(19-23-34)38-24-20-30-10-4-5-14-35(30)26-38)52-49(51-47)42-28-39-25-21-32-11-8-9-17-40(32)44(39)46-45(42)41-27-36-15-6-7-16-37(36)29-43(41)53-46/h1-29H. The summed E-state index contributed by atoms with van der Waals surface area (Å²) < 4.78 is 6.88. The highest BCUT2D eigenvalue weighted by molar-refractivity contribution is 6.27. The minimum atomic E-state index is 0.600. The number of rotatable bonds is 4. The van der Waals surface area contributed by atoms with Crippen LogP contribution in [0.1, 0.15) is 0 Å². The van der Waals surface area contributed by atoms with Gasteiger partial charge in [0.1, 0.15) is 11.2 Å². The summed E-state index contributed by atoms with van der Waals surface area (Å²) >= 11 is 0. The van der Waals surface area contributed by atoms with Crippen molar-refractivity contribution in [3.05, 3.63) is 176 Å². The van der Waals surface area contributed by atoms with Crippen LogP contribution in [0.2, 0.25) is 0 Å². The average molecular weight is 676 g/mol. The van der Waals surface area contributed by atoms with Crippen LogP contribution in [-0.2, 0) is 0 Å². The summed E-state index contributed by atoms with van der Waals surface area (Å²) in [6.45, 7) is 0. The molecule has 0 amide bonds. The average Bonchev–Trinajstić information content (AvgIpc) is 3.60. The Morgan fingerprint density at radius 1 is 0.321 bits per heavy atom. The molecule has 0 aliphatic rings. The van der Waals surface area contributed by atoms with Crippen molar-refractivity contribution < 1.29 is 4.42 Å². The van der Waals surface area contributed by atoms with Gasteiger partial charge in [0.25, 0.3) is 0 Å². The molecule has 4 heteroatoms. The molecule has 0 N–H and O–H groups in total. The molecule has 0 unspecified atom stereocenters. The van der Waals surface area contributed by atoms with Crippen molar-refractivity contribution in [2.75, 3.05) is 0 Å². The van der Waals surface area contributed by atoms with Gasteiger partial charge in [-0.05, 0) is 73.1 Å². The molecule has 0 bridgehead atoms. The first-order chi connectivity index (χ1) is 26.2. The van der Waals surface area contributed by atoms with Gasteiger partial charge in [0.15, 0.2) is 17.5 Å². The van der Waals surface area contributed by atoms with Gasteiger partial charge in [-0.15, -0.1) is 0 Å². The van der Waals surface area contributed by atoms with Crippen molar-refractivity contribution in [3.63, 3.8) is 0 Å². The van der Waals surface area contributed by atoms with Gasteiger partial charge < -0.3 is 4.42 Å². The number of benzene rings is 9. The Morgan fingerprint density at radius 3 is 1.64 bits per heavy atom. The minimum Gasteiger partial charge on any atom is -0.455 e. The lowest BCUT2D eigenvalue weighted by molar-refractivity contribution is 0.673. The molecule has 11 rings (SSSR count). The minimum absolute atomic E-state index is 0.600. The lowest BCUT2D eigenvalue weighted by Crippen LogP contribution is -2.00. The number of aromatic nitrogens is 3. The summed E-state index contributed by atoms with van der Waals surface area (Å²) in [5.74, 6) is 1.83. The lowest BCUT2D eigenvalue weighted by atomic mass is 9.95. The van der Waals surface area contributed by atoms with E-state index in [2.05, 4.69) is 146 Å². The summed E-state index contributed by atoms with van der Waals surface area (Å²) in [5.41, 5.74) is 6.73. The highest BCUT2D eigenvalue weighted by atomic mass is 16.3. The fraction of sp³-hybridized carbons (Fsp3) is 0. The number of fused-ring (bicyclic) bond motifs is 9. The Hall–Kier alpha value is -7.17. The van der Waals surface area contributed by atoms with E-state index in [-0.39, 0.29) is 0 Å². The van der Waals surface area contributed by atoms with E-state index in [0.717, 1.165) is 71.1 Å². The van der Waals surface area contributed by atoms with Crippen molar-refractivity contribution in [2.45, 2.75) is 0 Å². The van der Waals surface area contributed by atoms with Crippen LogP contribution in [0.25, 0.3) is 110 Å². The predicted molar refractivity (Wildman–Crippen MR) is 219 cm³/mol. The maximum atomic E-state index is 6.88. The summed E-state index contributed by atoms with van der Waals surface area (Å²) in [6.07, 6.45) is 0. The highest BCUT2D eigenvalue weighted by Crippen LogP contribution is 2.44. The van der Waals surface area contributed by atoms with Crippen molar-refractivity contribution >= 4 is 65.0 Å². The van der Waals surface area contributed by atoms with E-state index >= 15 is 0 Å². The van der Waals surface area contributed by atoms with E-state index in [1.807, 2.05) is 30.3 Å². The second-order valence-electron chi connectivity index (χ2n) is 13.6. The van der Waals surface area contributed by atoms with Crippen LogP contribution in [0.3, 0.4) is 0 Å². The first kappa shape index (κ1) is 29.5. The Kier molecular flexibility index (Phi) is 6.52. The fourth-order valence-corrected chi connectivity index (χ4v) is 7.81. The quantitative estimate of drug-likeness (QED) is 0.174. The third-order valence-electron chi connectivity index (χ3n) is 10.4. The fourth-order valence-electron chi connectivity index (χ4n) is 7.81. The largest absolute Gasteiger partial charge is 0.455 e. The van der Waals surface area contributed by atoms with Crippen molar-refractivity contribution in [1.82, 2.24) is 15.0 Å². The van der Waals surface area contributed by atoms with E-state index in [1.54, 1.807) is 0 Å². The molecular formula is C49H29N3O. The van der Waals surface area contributed by atoms with Gasteiger partial charge in [-0.25, -0.2) is 15.0 Å². The molecule has 246 valence electrons. The summed E-state index contributed by atoms with van der Waals surface area (Å²) in [6, 6.07) is 61.6. The van der Waals surface area contributed by atoms with E-state index in [9.17, 15) is 0 Å². The molecule has 0 saturated heterocycles. The molecule has 9 aromatic carbocycles. The second-order valence-corrected chi connectivity index (χ2v) is 13.6. The predicted octanol–water partition coefficient (Wildman–Crippen LogP) is 13.1. The van der Waals surface area contributed by atoms with E-state index in [0.29, 0.717) is 17.5 Å². The Balaban J connectivity index is 1.16. The molecule has 53 heavy (non-hydrogen) atoms. The van der Waals surface area contributed by atoms with Gasteiger partial charge in [-0.1, -0.05) is 152 Å². The van der Waals surface area contributed by atoms with Crippen LogP contribution in [0.4, 0.5) is 0 Å². The topological polar surface area (TPSA) is 51.8 Å². The number of hydrogen-bond acceptors (Lipinski definition) is 4. The van der Waals surface area contributed by atoms with Crippen LogP contribution in [-0.4, -0.2) is 15.0 Å². The molecule has 0 spiro atoms. The smallest absolute Gasteiger partial charge is 0.164 e. The van der Waals surface area contributed by atoms with Crippen LogP contribution < -0.4 is 0 Å². The zero-order chi connectivity index (χ0) is 34.9. The molecule has 0 aliphatic carbocycles. The number of hydrogen-bond donors (Lipinski definition) is 0. The zero-order valence-electron chi connectivity index (χ0n) is 28.5. The van der Waals surface area contributed by atoms with Gasteiger partial charge >= 0.3 is 0 Å². The third kappa shape index (κ3) is 4.88. The molecule has 0 radical (unpaired) electrons. The first-order valence-corrected chi connectivity index (χ1v) is 17.8. The van der Waals surface area contributed by atoms with Gasteiger partial charge in [-0.2, -0.15) is 0 Å². The third-order valence-corrected chi connectivity index (χ3v) is 10.4. The maximum Gasteiger partial charge on any atom is 0.164 e. The second kappa shape index (κ2) is 11.7. The van der Waals surface area contributed by atoms with E-state index in [1.165, 1.54) is 21.7 Å². The Bertz CT molecular complexity index is 3220. The van der Waals surface area contributed by atoms with E-state index < -0.39 is 0 Å². The van der Waals surface area contributed by atoms with Crippen molar-refractivity contribution in [2.24, 2.45) is 0 Å². The van der Waals surface area contributed by atoms with Crippen LogP contribution in [0, 0.1) is 0 Å². The summed E-state index contributed by atoms with van der Waals surface area (Å²) in [7, 11) is 0. The molecule has 0 atom stereocenters. The SMILES string of the molecule is c1ccc(-c2nc(-c3ccc(-c4ccc5ccccc5c4)cc3)nc(-c3cc4ccc5ccccc5c4c4oc5cc6ccccc6cc5c34)n2)cc1. The summed E-state index contributed by atoms with van der Waals surface area (Å²) in [4.78, 5) is 15.5. The molecular weight excluding hydrogens is 647 g/mol. The van der Waals surface area contributed by atoms with Gasteiger partial charge in [0.2, 0.25) is 0 Å². The van der Waals surface area contributed by atoms with Crippen LogP contribution in [0.5, 0.6) is 0 Å². The normalized spacial score (nSPS) is 11.8. The molecule has 2 aromatic heterocycles. The Labute approximate surface area is 304 Å². The first-order valence-electron chi connectivity index (χ1n) is 17.8. The lowest BCUT2D eigenvalue weighted by Gasteiger charge is -2.12. The summed E-state index contributed by atoms with van der Waals surface area (Å²) in [5, 5.41) is 11.2. The van der Waals surface area contributed by atoms with Gasteiger partial charge in [0, 0.05) is 32.8 Å². The van der Waals surface area contributed by atoms with Crippen molar-refractivity contribution in [3.8, 4) is 45.3 Å². The molecule has 4 nitrogen and oxygen atoms in total. The zero-order valence-corrected chi connectivity index (χ0v) is 28.5. The Morgan fingerprint density at radius 2 is 0.868 bits per heavy atom. The number of nitrogens with zero attached hydrogens (tertiary/aromatic N) is 3. The molecule has 0 saturated carbocycles. The highest BCUT2D eigenvalue weighted by Gasteiger charge is 2.22. The van der Waals surface area contributed by atoms with Crippen LogP contribution >= 0.6 is 0 Å².